The first-order chi connectivity index (χ1) is 15.9. The topological polar surface area (TPSA) is 44.8 Å². The van der Waals surface area contributed by atoms with Crippen LogP contribution in [0.4, 0.5) is 8.78 Å². The number of allylic oxidation sites excluding steroid dienone is 1. The van der Waals surface area contributed by atoms with Crippen LogP contribution in [-0.4, -0.2) is 27.1 Å². The lowest BCUT2D eigenvalue weighted by molar-refractivity contribution is 0.112. The minimum Gasteiger partial charge on any atom is -0.496 e. The van der Waals surface area contributed by atoms with Crippen molar-refractivity contribution in [3.8, 4) is 39.5 Å². The summed E-state index contributed by atoms with van der Waals surface area (Å²) in [5.74, 6) is -0.160. The number of carbonyl (C=O) groups excluding carboxylic acids is 1. The molecule has 0 bridgehead atoms. The molecule has 6 heteroatoms. The first kappa shape index (κ1) is 24.0. The molecular formula is C27H26F2O4. The van der Waals surface area contributed by atoms with Gasteiger partial charge in [0.2, 0.25) is 0 Å². The molecule has 0 aromatic heterocycles. The van der Waals surface area contributed by atoms with Crippen molar-refractivity contribution in [1.29, 1.82) is 0 Å². The van der Waals surface area contributed by atoms with Crippen LogP contribution < -0.4 is 14.2 Å². The lowest BCUT2D eigenvalue weighted by atomic mass is 9.92. The molecule has 0 spiro atoms. The smallest absolute Gasteiger partial charge is 0.165 e. The number of rotatable bonds is 9. The second kappa shape index (κ2) is 10.8. The first-order valence-electron chi connectivity index (χ1n) is 10.5. The predicted molar refractivity (Wildman–Crippen MR) is 125 cm³/mol. The van der Waals surface area contributed by atoms with E-state index in [1.807, 2.05) is 19.9 Å². The van der Waals surface area contributed by atoms with Gasteiger partial charge in [-0.15, -0.1) is 0 Å². The van der Waals surface area contributed by atoms with Crippen molar-refractivity contribution in [3.63, 3.8) is 0 Å². The first-order valence-corrected chi connectivity index (χ1v) is 10.5. The molecule has 0 aliphatic rings. The van der Waals surface area contributed by atoms with Gasteiger partial charge in [0.05, 0.1) is 26.4 Å². The van der Waals surface area contributed by atoms with E-state index >= 15 is 0 Å². The van der Waals surface area contributed by atoms with Gasteiger partial charge in [0.15, 0.2) is 17.9 Å². The second-order valence-corrected chi connectivity index (χ2v) is 7.64. The molecule has 3 aromatic rings. The third-order valence-electron chi connectivity index (χ3n) is 5.13. The number of hydrogen-bond donors (Lipinski definition) is 0. The minimum atomic E-state index is -0.551. The van der Waals surface area contributed by atoms with Crippen LogP contribution in [0, 0.1) is 11.6 Å². The van der Waals surface area contributed by atoms with Gasteiger partial charge in [-0.3, -0.25) is 4.79 Å². The summed E-state index contributed by atoms with van der Waals surface area (Å²) in [6.45, 7) is 4.33. The van der Waals surface area contributed by atoms with Crippen LogP contribution in [-0.2, 0) is 0 Å². The Morgan fingerprint density at radius 3 is 2.18 bits per heavy atom. The maximum absolute atomic E-state index is 14.8. The summed E-state index contributed by atoms with van der Waals surface area (Å²) in [6, 6.07) is 12.0. The normalized spacial score (nSPS) is 10.5. The molecule has 0 amide bonds. The number of hydrogen-bond acceptors (Lipinski definition) is 4. The van der Waals surface area contributed by atoms with Gasteiger partial charge in [0.1, 0.15) is 17.3 Å². The van der Waals surface area contributed by atoms with Crippen LogP contribution in [0.15, 0.2) is 60.2 Å². The van der Waals surface area contributed by atoms with Gasteiger partial charge in [0.25, 0.3) is 0 Å². The van der Waals surface area contributed by atoms with Crippen LogP contribution >= 0.6 is 0 Å². The van der Waals surface area contributed by atoms with Gasteiger partial charge in [0, 0.05) is 11.1 Å². The van der Waals surface area contributed by atoms with Crippen LogP contribution in [0.2, 0.25) is 0 Å². The molecule has 0 unspecified atom stereocenters. The van der Waals surface area contributed by atoms with Gasteiger partial charge in [-0.05, 0) is 61.7 Å². The Morgan fingerprint density at radius 2 is 1.61 bits per heavy atom. The number of ether oxygens (including phenoxy) is 3. The number of benzene rings is 3. The monoisotopic (exact) mass is 452 g/mol. The van der Waals surface area contributed by atoms with Crippen molar-refractivity contribution in [2.75, 3.05) is 20.8 Å². The third kappa shape index (κ3) is 5.40. The Labute approximate surface area is 192 Å². The van der Waals surface area contributed by atoms with Gasteiger partial charge in [-0.2, -0.15) is 0 Å². The summed E-state index contributed by atoms with van der Waals surface area (Å²) >= 11 is 0. The van der Waals surface area contributed by atoms with E-state index in [9.17, 15) is 13.6 Å². The zero-order chi connectivity index (χ0) is 24.0. The van der Waals surface area contributed by atoms with E-state index in [2.05, 4.69) is 0 Å². The molecule has 0 N–H and O–H groups in total. The van der Waals surface area contributed by atoms with E-state index in [-0.39, 0.29) is 22.9 Å². The lowest BCUT2D eigenvalue weighted by Crippen LogP contribution is -2.02. The summed E-state index contributed by atoms with van der Waals surface area (Å²) in [6.07, 6.45) is 3.34. The third-order valence-corrected chi connectivity index (χ3v) is 5.13. The highest BCUT2D eigenvalue weighted by Gasteiger charge is 2.22. The molecular weight excluding hydrogens is 426 g/mol. The Hall–Kier alpha value is -3.67. The highest BCUT2D eigenvalue weighted by molar-refractivity contribution is 5.98. The summed E-state index contributed by atoms with van der Waals surface area (Å²) < 4.78 is 44.9. The molecule has 0 aliphatic heterocycles. The van der Waals surface area contributed by atoms with Crippen LogP contribution in [0.3, 0.4) is 0 Å². The molecule has 0 atom stereocenters. The SMILES string of the molecule is COc1cc(-c2ccc(F)cc2)c(OC)c(C=O)c1-c1ccc(OCCC=C(C)C)c(F)c1. The van der Waals surface area contributed by atoms with Crippen molar-refractivity contribution in [2.45, 2.75) is 20.3 Å². The highest BCUT2D eigenvalue weighted by Crippen LogP contribution is 2.44. The highest BCUT2D eigenvalue weighted by atomic mass is 19.1. The van der Waals surface area contributed by atoms with Crippen LogP contribution in [0.25, 0.3) is 22.3 Å². The van der Waals surface area contributed by atoms with Crippen LogP contribution in [0.5, 0.6) is 17.2 Å². The maximum Gasteiger partial charge on any atom is 0.165 e. The zero-order valence-corrected chi connectivity index (χ0v) is 19.1. The molecule has 172 valence electrons. The molecule has 33 heavy (non-hydrogen) atoms. The van der Waals surface area contributed by atoms with Crippen molar-refractivity contribution in [1.82, 2.24) is 0 Å². The van der Waals surface area contributed by atoms with Gasteiger partial charge in [-0.1, -0.05) is 29.8 Å². The Kier molecular flexibility index (Phi) is 7.83. The number of methoxy groups -OCH3 is 2. The minimum absolute atomic E-state index is 0.127. The summed E-state index contributed by atoms with van der Waals surface area (Å²) in [5, 5.41) is 0. The van der Waals surface area contributed by atoms with Crippen molar-refractivity contribution in [2.24, 2.45) is 0 Å². The second-order valence-electron chi connectivity index (χ2n) is 7.64. The fourth-order valence-electron chi connectivity index (χ4n) is 3.59. The van der Waals surface area contributed by atoms with Crippen molar-refractivity contribution in [3.05, 3.63) is 77.4 Å². The fourth-order valence-corrected chi connectivity index (χ4v) is 3.59. The van der Waals surface area contributed by atoms with Crippen LogP contribution in [0.1, 0.15) is 30.6 Å². The molecule has 0 aliphatic carbocycles. The molecule has 3 rings (SSSR count). The number of carbonyl (C=O) groups is 1. The Bertz CT molecular complexity index is 1160. The van der Waals surface area contributed by atoms with E-state index in [4.69, 9.17) is 14.2 Å². The average molecular weight is 452 g/mol. The predicted octanol–water partition coefficient (Wildman–Crippen LogP) is 6.86. The fraction of sp³-hybridized carbons (Fsp3) is 0.222. The molecule has 0 saturated carbocycles. The molecule has 0 fully saturated rings. The van der Waals surface area contributed by atoms with Crippen molar-refractivity contribution < 1.29 is 27.8 Å². The standard InChI is InChI=1S/C27H26F2O4/c1-17(2)6-5-13-33-24-12-9-19(14-23(24)29)26-22(16-30)27(32-4)21(15-25(26)31-3)18-7-10-20(28)11-8-18/h6-12,14-16H,5,13H2,1-4H3. The largest absolute Gasteiger partial charge is 0.496 e. The molecule has 0 saturated heterocycles. The number of halogens is 2. The Morgan fingerprint density at radius 1 is 0.909 bits per heavy atom. The lowest BCUT2D eigenvalue weighted by Gasteiger charge is -2.19. The molecule has 0 heterocycles. The molecule has 3 aromatic carbocycles. The quantitative estimate of drug-likeness (QED) is 0.202. The van der Waals surface area contributed by atoms with E-state index in [0.717, 1.165) is 0 Å². The van der Waals surface area contributed by atoms with Gasteiger partial charge < -0.3 is 14.2 Å². The molecule has 0 radical (unpaired) electrons. The van der Waals surface area contributed by atoms with E-state index in [1.54, 1.807) is 24.3 Å². The zero-order valence-electron chi connectivity index (χ0n) is 19.1. The van der Waals surface area contributed by atoms with E-state index in [0.29, 0.717) is 47.3 Å². The summed E-state index contributed by atoms with van der Waals surface area (Å²) in [5.41, 5.74) is 3.40. The van der Waals surface area contributed by atoms with E-state index < -0.39 is 5.82 Å². The van der Waals surface area contributed by atoms with Gasteiger partial charge >= 0.3 is 0 Å². The van der Waals surface area contributed by atoms with Crippen molar-refractivity contribution >= 4 is 6.29 Å². The Balaban J connectivity index is 2.07. The van der Waals surface area contributed by atoms with Gasteiger partial charge in [-0.25, -0.2) is 8.78 Å². The maximum atomic E-state index is 14.8. The van der Waals surface area contributed by atoms with E-state index in [1.165, 1.54) is 44.1 Å². The molecule has 4 nitrogen and oxygen atoms in total. The summed E-state index contributed by atoms with van der Waals surface area (Å²) in [4.78, 5) is 12.1. The number of aldehydes is 1. The summed E-state index contributed by atoms with van der Waals surface area (Å²) in [7, 11) is 2.90. The average Bonchev–Trinajstić information content (AvgIpc) is 2.81.